The van der Waals surface area contributed by atoms with Crippen LogP contribution in [0.2, 0.25) is 0 Å². The summed E-state index contributed by atoms with van der Waals surface area (Å²) in [5.41, 5.74) is 10.1. The predicted octanol–water partition coefficient (Wildman–Crippen LogP) is 4.89. The van der Waals surface area contributed by atoms with E-state index in [9.17, 15) is 24.3 Å². The maximum atomic E-state index is 13.9. The van der Waals surface area contributed by atoms with Crippen molar-refractivity contribution >= 4 is 35.6 Å². The number of pyridine rings is 1. The Morgan fingerprint density at radius 3 is 2.54 bits per heavy atom. The molecular weight excluding hydrogens is 684 g/mol. The Kier molecular flexibility index (Phi) is 13.3. The molecule has 3 heterocycles. The first-order valence-electron chi connectivity index (χ1n) is 18.8. The molecule has 288 valence electrons. The molecule has 2 unspecified atom stereocenters. The summed E-state index contributed by atoms with van der Waals surface area (Å²) in [4.78, 5) is 56.2. The second-order valence-electron chi connectivity index (χ2n) is 15.2. The van der Waals surface area contributed by atoms with Crippen LogP contribution in [0.3, 0.4) is 0 Å². The fourth-order valence-electron chi connectivity index (χ4n) is 7.65. The number of aliphatic hydroxyl groups excluding tert-OH is 1. The number of hydrazine groups is 1. The quantitative estimate of drug-likeness (QED) is 0.130. The minimum atomic E-state index is -0.856. The largest absolute Gasteiger partial charge is 0.467 e. The molecule has 0 aliphatic carbocycles. The minimum absolute atomic E-state index is 0.160. The summed E-state index contributed by atoms with van der Waals surface area (Å²) in [6.45, 7) is 12.4. The Balaban J connectivity index is 1.57. The third-order valence-corrected chi connectivity index (χ3v) is 10.2. The third kappa shape index (κ3) is 8.99. The highest BCUT2D eigenvalue weighted by molar-refractivity contribution is 5.95. The summed E-state index contributed by atoms with van der Waals surface area (Å²) in [6.07, 6.45) is 5.00. The third-order valence-electron chi connectivity index (χ3n) is 10.2. The highest BCUT2D eigenvalue weighted by Crippen LogP contribution is 2.40. The molecule has 1 aliphatic rings. The zero-order valence-corrected chi connectivity index (χ0v) is 32.3. The first kappa shape index (κ1) is 40.1. The summed E-state index contributed by atoms with van der Waals surface area (Å²) >= 11 is 0. The molecule has 1 aliphatic heterocycles. The number of hydrogen-bond donors (Lipinski definition) is 3. The van der Waals surface area contributed by atoms with Gasteiger partial charge in [-0.05, 0) is 78.6 Å². The minimum Gasteiger partial charge on any atom is -0.467 e. The molecule has 0 radical (unpaired) electrons. The van der Waals surface area contributed by atoms with Gasteiger partial charge in [0.25, 0.3) is 12.4 Å². The molecule has 5 rings (SSSR count). The fraction of sp³-hybridized carbons (Fsp3) is 0.452. The van der Waals surface area contributed by atoms with Crippen LogP contribution in [0, 0.1) is 11.3 Å². The van der Waals surface area contributed by atoms with Crippen molar-refractivity contribution in [2.75, 3.05) is 26.7 Å². The summed E-state index contributed by atoms with van der Waals surface area (Å²) in [6, 6.07) is 16.7. The van der Waals surface area contributed by atoms with Gasteiger partial charge in [-0.2, -0.15) is 0 Å². The second-order valence-corrected chi connectivity index (χ2v) is 15.2. The van der Waals surface area contributed by atoms with E-state index in [4.69, 9.17) is 4.74 Å². The SMILES string of the molecule is CCn1c(-c2cccnc2CO)c(CC(C)(C)COC=O)c2cc(-c3cccc(CC(NC(=O)C(C(C)C)N(C)C=O)C(=O)N4CCCCN4)c3)ccc21. The van der Waals surface area contributed by atoms with Gasteiger partial charge in [0.1, 0.15) is 12.1 Å². The predicted molar refractivity (Wildman–Crippen MR) is 209 cm³/mol. The Labute approximate surface area is 317 Å². The van der Waals surface area contributed by atoms with E-state index in [2.05, 4.69) is 65.3 Å². The first-order valence-corrected chi connectivity index (χ1v) is 18.8. The molecule has 54 heavy (non-hydrogen) atoms. The molecule has 1 saturated heterocycles. The number of benzene rings is 2. The lowest BCUT2D eigenvalue weighted by Gasteiger charge is -2.33. The van der Waals surface area contributed by atoms with E-state index in [0.29, 0.717) is 44.6 Å². The Bertz CT molecular complexity index is 1950. The maximum absolute atomic E-state index is 13.9. The number of nitrogens with zero attached hydrogens (tertiary/aromatic N) is 4. The molecule has 2 aromatic heterocycles. The number of fused-ring (bicyclic) bond motifs is 1. The summed E-state index contributed by atoms with van der Waals surface area (Å²) < 4.78 is 7.50. The average molecular weight is 739 g/mol. The average Bonchev–Trinajstić information content (AvgIpc) is 3.48. The molecule has 12 heteroatoms. The molecule has 1 fully saturated rings. The molecule has 4 aromatic rings. The summed E-state index contributed by atoms with van der Waals surface area (Å²) in [7, 11) is 1.58. The van der Waals surface area contributed by atoms with Crippen LogP contribution in [0.15, 0.2) is 60.8 Å². The lowest BCUT2D eigenvalue weighted by Crippen LogP contribution is -2.58. The number of ether oxygens (including phenoxy) is 1. The number of aryl methyl sites for hydroxylation is 1. The van der Waals surface area contributed by atoms with Crippen molar-refractivity contribution in [3.8, 4) is 22.4 Å². The number of aromatic nitrogens is 2. The molecule has 2 aromatic carbocycles. The van der Waals surface area contributed by atoms with Crippen molar-refractivity contribution in [1.82, 2.24) is 30.2 Å². The molecule has 2 atom stereocenters. The van der Waals surface area contributed by atoms with Gasteiger partial charge in [0, 0.05) is 61.2 Å². The van der Waals surface area contributed by atoms with Crippen LogP contribution >= 0.6 is 0 Å². The Hall–Kier alpha value is -5.07. The van der Waals surface area contributed by atoms with Crippen LogP contribution in [-0.4, -0.2) is 88.1 Å². The number of carbonyl (C=O) groups excluding carboxylic acids is 4. The molecule has 0 bridgehead atoms. The molecule has 12 nitrogen and oxygen atoms in total. The molecule has 3 amide bonds. The van der Waals surface area contributed by atoms with Crippen molar-refractivity contribution in [3.63, 3.8) is 0 Å². The van der Waals surface area contributed by atoms with Gasteiger partial charge in [0.2, 0.25) is 12.3 Å². The van der Waals surface area contributed by atoms with Gasteiger partial charge in [0.05, 0.1) is 24.6 Å². The number of hydrogen-bond acceptors (Lipinski definition) is 8. The number of amides is 3. The van der Waals surface area contributed by atoms with Crippen LogP contribution in [0.5, 0.6) is 0 Å². The van der Waals surface area contributed by atoms with E-state index in [-0.39, 0.29) is 37.4 Å². The monoisotopic (exact) mass is 738 g/mol. The normalized spacial score (nSPS) is 14.5. The highest BCUT2D eigenvalue weighted by Gasteiger charge is 2.33. The van der Waals surface area contributed by atoms with E-state index in [1.807, 2.05) is 44.2 Å². The maximum Gasteiger partial charge on any atom is 0.293 e. The van der Waals surface area contributed by atoms with Gasteiger partial charge in [-0.25, -0.2) is 5.43 Å². The Morgan fingerprint density at radius 1 is 1.09 bits per heavy atom. The number of likely N-dealkylation sites (N-methyl/N-ethyl adjacent to an activating group) is 1. The zero-order valence-electron chi connectivity index (χ0n) is 32.3. The fourth-order valence-corrected chi connectivity index (χ4v) is 7.65. The molecule has 0 saturated carbocycles. The van der Waals surface area contributed by atoms with Crippen LogP contribution in [0.4, 0.5) is 0 Å². The van der Waals surface area contributed by atoms with E-state index in [1.165, 1.54) is 4.90 Å². The molecule has 3 N–H and O–H groups in total. The van der Waals surface area contributed by atoms with Gasteiger partial charge in [-0.1, -0.05) is 58.0 Å². The number of rotatable bonds is 17. The van der Waals surface area contributed by atoms with Crippen LogP contribution in [-0.2, 0) is 49.9 Å². The van der Waals surface area contributed by atoms with Crippen LogP contribution in [0.25, 0.3) is 33.3 Å². The van der Waals surface area contributed by atoms with Crippen molar-refractivity contribution in [1.29, 1.82) is 0 Å². The standard InChI is InChI=1S/C42H54N6O6/c1-7-47-37-16-15-31(22-33(37)34(23-42(4,5)25-54-27-51)39(47)32-14-11-17-43-36(32)24-49)30-13-10-12-29(20-30)21-35(41(53)48-19-9-8-18-44-48)45-40(52)38(28(2)3)46(6)26-50/h10-17,20,22,26-28,35,38,44,49H,7-9,18-19,21,23-25H2,1-6H3,(H,45,52). The first-order chi connectivity index (χ1) is 25.9. The lowest BCUT2D eigenvalue weighted by molar-refractivity contribution is -0.142. The second kappa shape index (κ2) is 17.8. The van der Waals surface area contributed by atoms with Crippen molar-refractivity contribution in [3.05, 3.63) is 77.6 Å². The van der Waals surface area contributed by atoms with E-state index < -0.39 is 17.5 Å². The van der Waals surface area contributed by atoms with E-state index >= 15 is 0 Å². The number of carbonyl (C=O) groups is 4. The van der Waals surface area contributed by atoms with Gasteiger partial charge in [-0.15, -0.1) is 0 Å². The van der Waals surface area contributed by atoms with Gasteiger partial charge in [-0.3, -0.25) is 29.2 Å². The smallest absolute Gasteiger partial charge is 0.293 e. The van der Waals surface area contributed by atoms with Gasteiger partial charge >= 0.3 is 0 Å². The van der Waals surface area contributed by atoms with Crippen LogP contribution in [0.1, 0.15) is 64.3 Å². The highest BCUT2D eigenvalue weighted by atomic mass is 16.5. The summed E-state index contributed by atoms with van der Waals surface area (Å²) in [5, 5.41) is 15.9. The number of aliphatic hydroxyl groups is 1. The number of nitrogens with one attached hydrogen (secondary N) is 2. The lowest BCUT2D eigenvalue weighted by atomic mass is 9.84. The topological polar surface area (TPSA) is 146 Å². The van der Waals surface area contributed by atoms with E-state index in [0.717, 1.165) is 57.3 Å². The molecule has 0 spiro atoms. The van der Waals surface area contributed by atoms with Crippen molar-refractivity contribution < 1.29 is 29.0 Å². The van der Waals surface area contributed by atoms with Crippen molar-refractivity contribution in [2.45, 2.75) is 85.5 Å². The van der Waals surface area contributed by atoms with Crippen LogP contribution < -0.4 is 10.7 Å². The Morgan fingerprint density at radius 2 is 1.87 bits per heavy atom. The zero-order chi connectivity index (χ0) is 39.0. The van der Waals surface area contributed by atoms with Crippen molar-refractivity contribution in [2.24, 2.45) is 11.3 Å². The summed E-state index contributed by atoms with van der Waals surface area (Å²) in [5.74, 6) is -0.755. The van der Waals surface area contributed by atoms with Gasteiger partial charge in [0.15, 0.2) is 0 Å². The van der Waals surface area contributed by atoms with E-state index in [1.54, 1.807) is 18.3 Å². The van der Waals surface area contributed by atoms with Gasteiger partial charge < -0.3 is 24.6 Å². The molecular formula is C42H54N6O6.